The van der Waals surface area contributed by atoms with Gasteiger partial charge in [-0.3, -0.25) is 4.55 Å². The van der Waals surface area contributed by atoms with Crippen molar-refractivity contribution in [3.05, 3.63) is 48.0 Å². The van der Waals surface area contributed by atoms with E-state index in [1.165, 1.54) is 18.2 Å². The maximum Gasteiger partial charge on any atom is 0.294 e. The van der Waals surface area contributed by atoms with Crippen LogP contribution in [0.1, 0.15) is 5.56 Å². The Morgan fingerprint density at radius 3 is 2.52 bits per heavy atom. The standard InChI is InChI=1S/C15H13N3O4S/c1-9-4-2-3-5-12(9)17-18-14-11-8-10(23(20,21)22)6-7-13(11)16-15(14)19/h2-8,16,19H,1H3,(H,20,21,22). The molecular formula is C15H13N3O4S. The van der Waals surface area contributed by atoms with Crippen LogP contribution >= 0.6 is 0 Å². The van der Waals surface area contributed by atoms with Crippen molar-refractivity contribution in [1.82, 2.24) is 4.98 Å². The first-order valence-electron chi connectivity index (χ1n) is 6.66. The van der Waals surface area contributed by atoms with Crippen LogP contribution in [0, 0.1) is 6.92 Å². The second kappa shape index (κ2) is 5.49. The summed E-state index contributed by atoms with van der Waals surface area (Å²) in [5.41, 5.74) is 2.13. The van der Waals surface area contributed by atoms with E-state index in [9.17, 15) is 13.5 Å². The van der Waals surface area contributed by atoms with Gasteiger partial charge in [0.2, 0.25) is 5.88 Å². The van der Waals surface area contributed by atoms with Crippen molar-refractivity contribution >= 4 is 32.4 Å². The van der Waals surface area contributed by atoms with Crippen LogP contribution in [-0.4, -0.2) is 23.1 Å². The largest absolute Gasteiger partial charge is 0.493 e. The lowest BCUT2D eigenvalue weighted by Gasteiger charge is -1.98. The summed E-state index contributed by atoms with van der Waals surface area (Å²) in [5.74, 6) is -0.232. The topological polar surface area (TPSA) is 115 Å². The lowest BCUT2D eigenvalue weighted by molar-refractivity contribution is 0.459. The van der Waals surface area contributed by atoms with Crippen molar-refractivity contribution in [3.8, 4) is 5.88 Å². The Kier molecular flexibility index (Phi) is 3.63. The molecule has 1 heterocycles. The van der Waals surface area contributed by atoms with Crippen molar-refractivity contribution < 1.29 is 18.1 Å². The van der Waals surface area contributed by atoms with Crippen molar-refractivity contribution in [1.29, 1.82) is 0 Å². The van der Waals surface area contributed by atoms with E-state index in [1.54, 1.807) is 6.07 Å². The number of fused-ring (bicyclic) bond motifs is 1. The fourth-order valence-electron chi connectivity index (χ4n) is 2.18. The summed E-state index contributed by atoms with van der Waals surface area (Å²) >= 11 is 0. The summed E-state index contributed by atoms with van der Waals surface area (Å²) in [7, 11) is -4.34. The molecule has 0 atom stereocenters. The molecule has 0 aliphatic heterocycles. The average Bonchev–Trinajstić information content (AvgIpc) is 2.80. The highest BCUT2D eigenvalue weighted by Crippen LogP contribution is 2.37. The molecule has 0 radical (unpaired) electrons. The van der Waals surface area contributed by atoms with Crippen LogP contribution in [0.5, 0.6) is 5.88 Å². The van der Waals surface area contributed by atoms with Gasteiger partial charge in [-0.2, -0.15) is 13.5 Å². The molecule has 0 bridgehead atoms. The van der Waals surface area contributed by atoms with E-state index in [1.807, 2.05) is 25.1 Å². The number of aromatic hydroxyl groups is 1. The molecule has 3 rings (SSSR count). The molecule has 23 heavy (non-hydrogen) atoms. The quantitative estimate of drug-likeness (QED) is 0.499. The predicted molar refractivity (Wildman–Crippen MR) is 85.1 cm³/mol. The molecule has 0 spiro atoms. The highest BCUT2D eigenvalue weighted by Gasteiger charge is 2.15. The Morgan fingerprint density at radius 1 is 1.09 bits per heavy atom. The summed E-state index contributed by atoms with van der Waals surface area (Å²) in [6.45, 7) is 1.87. The number of aryl methyl sites for hydroxylation is 1. The third kappa shape index (κ3) is 2.94. The number of rotatable bonds is 3. The third-order valence-electron chi connectivity index (χ3n) is 3.39. The second-order valence-corrected chi connectivity index (χ2v) is 6.41. The summed E-state index contributed by atoms with van der Waals surface area (Å²) in [4.78, 5) is 2.40. The van der Waals surface area contributed by atoms with Crippen LogP contribution in [-0.2, 0) is 10.1 Å². The number of H-pyrrole nitrogens is 1. The summed E-state index contributed by atoms with van der Waals surface area (Å²) in [6, 6.07) is 11.2. The molecule has 0 aliphatic rings. The first-order chi connectivity index (χ1) is 10.9. The molecular weight excluding hydrogens is 318 g/mol. The maximum atomic E-state index is 11.2. The molecule has 118 valence electrons. The Labute approximate surface area is 132 Å². The molecule has 0 amide bonds. The van der Waals surface area contributed by atoms with Gasteiger partial charge in [-0.1, -0.05) is 18.2 Å². The van der Waals surface area contributed by atoms with Crippen LogP contribution < -0.4 is 0 Å². The minimum Gasteiger partial charge on any atom is -0.493 e. The van der Waals surface area contributed by atoms with Gasteiger partial charge in [0, 0.05) is 5.39 Å². The van der Waals surface area contributed by atoms with Crippen molar-refractivity contribution in [2.45, 2.75) is 11.8 Å². The number of hydrogen-bond acceptors (Lipinski definition) is 5. The Morgan fingerprint density at radius 2 is 1.83 bits per heavy atom. The average molecular weight is 331 g/mol. The molecule has 8 heteroatoms. The molecule has 1 aromatic heterocycles. The second-order valence-electron chi connectivity index (χ2n) is 4.99. The maximum absolute atomic E-state index is 11.2. The fourth-order valence-corrected chi connectivity index (χ4v) is 2.69. The minimum absolute atomic E-state index is 0.105. The predicted octanol–water partition coefficient (Wildman–Crippen LogP) is 3.84. The number of hydrogen-bond donors (Lipinski definition) is 3. The van der Waals surface area contributed by atoms with Gasteiger partial charge >= 0.3 is 0 Å². The summed E-state index contributed by atoms with van der Waals surface area (Å²) in [5, 5.41) is 18.4. The highest BCUT2D eigenvalue weighted by molar-refractivity contribution is 7.85. The molecule has 0 aliphatic carbocycles. The zero-order chi connectivity index (χ0) is 16.6. The van der Waals surface area contributed by atoms with Gasteiger partial charge in [0.05, 0.1) is 16.1 Å². The number of nitrogens with one attached hydrogen (secondary N) is 1. The van der Waals surface area contributed by atoms with E-state index in [4.69, 9.17) is 4.55 Å². The smallest absolute Gasteiger partial charge is 0.294 e. The number of nitrogens with zero attached hydrogens (tertiary/aromatic N) is 2. The van der Waals surface area contributed by atoms with E-state index in [0.717, 1.165) is 5.56 Å². The third-order valence-corrected chi connectivity index (χ3v) is 4.24. The summed E-state index contributed by atoms with van der Waals surface area (Å²) in [6.07, 6.45) is 0. The molecule has 0 saturated heterocycles. The molecule has 3 aromatic rings. The van der Waals surface area contributed by atoms with Crippen molar-refractivity contribution in [2.75, 3.05) is 0 Å². The molecule has 0 fully saturated rings. The van der Waals surface area contributed by atoms with Crippen LogP contribution in [0.15, 0.2) is 57.6 Å². The number of azo groups is 1. The van der Waals surface area contributed by atoms with Gasteiger partial charge in [-0.15, -0.1) is 5.11 Å². The highest BCUT2D eigenvalue weighted by atomic mass is 32.2. The molecule has 0 unspecified atom stereocenters. The molecule has 0 saturated carbocycles. The lowest BCUT2D eigenvalue weighted by Crippen LogP contribution is -1.96. The van der Waals surface area contributed by atoms with Crippen molar-refractivity contribution in [2.24, 2.45) is 10.2 Å². The SMILES string of the molecule is Cc1ccccc1N=Nc1c(O)[nH]c2ccc(S(=O)(=O)O)cc12. The van der Waals surface area contributed by atoms with Gasteiger partial charge in [0.25, 0.3) is 10.1 Å². The first kappa shape index (κ1) is 15.2. The van der Waals surface area contributed by atoms with E-state index >= 15 is 0 Å². The van der Waals surface area contributed by atoms with Gasteiger partial charge in [0.1, 0.15) is 0 Å². The first-order valence-corrected chi connectivity index (χ1v) is 8.10. The van der Waals surface area contributed by atoms with E-state index in [2.05, 4.69) is 15.2 Å². The fraction of sp³-hybridized carbons (Fsp3) is 0.0667. The Hall–Kier alpha value is -2.71. The Balaban J connectivity index is 2.13. The van der Waals surface area contributed by atoms with Crippen LogP contribution in [0.25, 0.3) is 10.9 Å². The van der Waals surface area contributed by atoms with Gasteiger partial charge in [-0.05, 0) is 36.8 Å². The van der Waals surface area contributed by atoms with Crippen molar-refractivity contribution in [3.63, 3.8) is 0 Å². The van der Waals surface area contributed by atoms with Gasteiger partial charge in [-0.25, -0.2) is 0 Å². The van der Waals surface area contributed by atoms with E-state index in [0.29, 0.717) is 16.6 Å². The number of aromatic amines is 1. The zero-order valence-electron chi connectivity index (χ0n) is 12.1. The number of aromatic nitrogens is 1. The van der Waals surface area contributed by atoms with Crippen LogP contribution in [0.3, 0.4) is 0 Å². The number of benzene rings is 2. The van der Waals surface area contributed by atoms with E-state index < -0.39 is 10.1 Å². The minimum atomic E-state index is -4.34. The normalized spacial score (nSPS) is 12.3. The lowest BCUT2D eigenvalue weighted by atomic mass is 10.2. The van der Waals surface area contributed by atoms with E-state index in [-0.39, 0.29) is 16.5 Å². The summed E-state index contributed by atoms with van der Waals surface area (Å²) < 4.78 is 31.6. The van der Waals surface area contributed by atoms with Gasteiger partial charge < -0.3 is 10.1 Å². The van der Waals surface area contributed by atoms with Crippen LogP contribution in [0.2, 0.25) is 0 Å². The molecule has 2 aromatic carbocycles. The Bertz CT molecular complexity index is 1020. The van der Waals surface area contributed by atoms with Crippen LogP contribution in [0.4, 0.5) is 11.4 Å². The zero-order valence-corrected chi connectivity index (χ0v) is 12.9. The monoisotopic (exact) mass is 331 g/mol. The van der Waals surface area contributed by atoms with Gasteiger partial charge in [0.15, 0.2) is 5.69 Å². The molecule has 3 N–H and O–H groups in total. The molecule has 7 nitrogen and oxygen atoms in total.